The van der Waals surface area contributed by atoms with E-state index in [2.05, 4.69) is 10.3 Å². The van der Waals surface area contributed by atoms with Gasteiger partial charge < -0.3 is 11.1 Å². The van der Waals surface area contributed by atoms with Gasteiger partial charge in [0.1, 0.15) is 0 Å². The van der Waals surface area contributed by atoms with Crippen LogP contribution in [0.4, 0.5) is 13.2 Å². The van der Waals surface area contributed by atoms with Gasteiger partial charge in [0.2, 0.25) is 0 Å². The minimum atomic E-state index is -1.44. The van der Waals surface area contributed by atoms with Crippen molar-refractivity contribution in [2.75, 3.05) is 0 Å². The number of hydrogen-bond acceptors (Lipinski definition) is 1. The number of nitrogens with two attached hydrogens (primary N) is 1. The zero-order valence-electron chi connectivity index (χ0n) is 10.8. The zero-order valence-corrected chi connectivity index (χ0v) is 10.8. The van der Waals surface area contributed by atoms with E-state index in [0.29, 0.717) is 17.9 Å². The zero-order chi connectivity index (χ0) is 14.2. The molecule has 0 spiro atoms. The highest BCUT2D eigenvalue weighted by Gasteiger charge is 2.39. The van der Waals surface area contributed by atoms with Crippen LogP contribution in [0.25, 0.3) is 0 Å². The van der Waals surface area contributed by atoms with Gasteiger partial charge in [0, 0.05) is 12.0 Å². The van der Waals surface area contributed by atoms with Crippen LogP contribution in [0.5, 0.6) is 0 Å². The summed E-state index contributed by atoms with van der Waals surface area (Å²) >= 11 is 0. The van der Waals surface area contributed by atoms with Crippen LogP contribution in [-0.4, -0.2) is 18.0 Å². The molecule has 0 aromatic heterocycles. The third-order valence-electron chi connectivity index (χ3n) is 2.93. The molecule has 0 aliphatic heterocycles. The Morgan fingerprint density at radius 3 is 2.42 bits per heavy atom. The lowest BCUT2D eigenvalue weighted by atomic mass is 10.1. The van der Waals surface area contributed by atoms with Crippen LogP contribution >= 0.6 is 0 Å². The summed E-state index contributed by atoms with van der Waals surface area (Å²) in [5, 5.41) is 2.94. The van der Waals surface area contributed by atoms with E-state index < -0.39 is 17.5 Å². The highest BCUT2D eigenvalue weighted by Crippen LogP contribution is 2.44. The molecule has 1 saturated carbocycles. The summed E-state index contributed by atoms with van der Waals surface area (Å²) in [6.45, 7) is 3.86. The average molecular weight is 271 g/mol. The van der Waals surface area contributed by atoms with Crippen molar-refractivity contribution in [3.63, 3.8) is 0 Å². The van der Waals surface area contributed by atoms with Crippen molar-refractivity contribution in [3.05, 3.63) is 35.1 Å². The Balaban J connectivity index is 2.07. The van der Waals surface area contributed by atoms with Gasteiger partial charge in [0.15, 0.2) is 23.4 Å². The van der Waals surface area contributed by atoms with Gasteiger partial charge in [-0.2, -0.15) is 0 Å². The summed E-state index contributed by atoms with van der Waals surface area (Å²) in [6.07, 6.45) is 0.658. The van der Waals surface area contributed by atoms with Crippen LogP contribution < -0.4 is 11.1 Å². The standard InChI is InChI=1S/C13H16F3N3/c1-6(2)18-13(17)19-11-5-8(11)7-3-9(14)12(16)10(15)4-7/h3-4,6,8,11H,5H2,1-2H3,(H3,17,18,19)/t8-,11+/m0/s1. The first-order valence-corrected chi connectivity index (χ1v) is 6.12. The van der Waals surface area contributed by atoms with E-state index >= 15 is 0 Å². The lowest BCUT2D eigenvalue weighted by molar-refractivity contribution is 0.445. The number of aliphatic imine (C=N–C) groups is 1. The number of halogens is 3. The Bertz CT molecular complexity index is 491. The van der Waals surface area contributed by atoms with E-state index in [1.165, 1.54) is 0 Å². The maximum Gasteiger partial charge on any atom is 0.194 e. The molecule has 0 bridgehead atoms. The molecular formula is C13H16F3N3. The molecule has 1 aliphatic carbocycles. The molecule has 0 unspecified atom stereocenters. The topological polar surface area (TPSA) is 50.4 Å². The summed E-state index contributed by atoms with van der Waals surface area (Å²) in [7, 11) is 0. The predicted molar refractivity (Wildman–Crippen MR) is 67.4 cm³/mol. The summed E-state index contributed by atoms with van der Waals surface area (Å²) in [6, 6.07) is 2.10. The molecule has 3 N–H and O–H groups in total. The van der Waals surface area contributed by atoms with Crippen molar-refractivity contribution in [3.8, 4) is 0 Å². The van der Waals surface area contributed by atoms with Gasteiger partial charge in [0.05, 0.1) is 6.04 Å². The largest absolute Gasteiger partial charge is 0.370 e. The molecule has 3 nitrogen and oxygen atoms in total. The maximum absolute atomic E-state index is 13.1. The number of hydrogen-bond donors (Lipinski definition) is 2. The summed E-state index contributed by atoms with van der Waals surface area (Å²) < 4.78 is 39.0. The van der Waals surface area contributed by atoms with Gasteiger partial charge >= 0.3 is 0 Å². The normalized spacial score (nSPS) is 22.7. The highest BCUT2D eigenvalue weighted by atomic mass is 19.2. The molecule has 2 atom stereocenters. The Hall–Kier alpha value is -1.72. The molecule has 104 valence electrons. The number of nitrogens with one attached hydrogen (secondary N) is 1. The highest BCUT2D eigenvalue weighted by molar-refractivity contribution is 5.78. The molecule has 0 radical (unpaired) electrons. The fourth-order valence-corrected chi connectivity index (χ4v) is 1.98. The van der Waals surface area contributed by atoms with E-state index in [0.717, 1.165) is 12.1 Å². The third-order valence-corrected chi connectivity index (χ3v) is 2.93. The van der Waals surface area contributed by atoms with Crippen LogP contribution in [0, 0.1) is 17.5 Å². The van der Waals surface area contributed by atoms with E-state index in [4.69, 9.17) is 5.73 Å². The second-order valence-corrected chi connectivity index (χ2v) is 5.02. The maximum atomic E-state index is 13.1. The molecule has 1 aromatic rings. The Morgan fingerprint density at radius 1 is 1.32 bits per heavy atom. The van der Waals surface area contributed by atoms with Crippen molar-refractivity contribution in [1.82, 2.24) is 5.32 Å². The van der Waals surface area contributed by atoms with Crippen molar-refractivity contribution in [2.45, 2.75) is 38.3 Å². The lowest BCUT2D eigenvalue weighted by Crippen LogP contribution is -2.37. The minimum absolute atomic E-state index is 0.0999. The number of rotatable bonds is 3. The van der Waals surface area contributed by atoms with Crippen LogP contribution in [0.2, 0.25) is 0 Å². The first-order chi connectivity index (χ1) is 8.88. The molecular weight excluding hydrogens is 255 g/mol. The lowest BCUT2D eigenvalue weighted by Gasteiger charge is -2.08. The average Bonchev–Trinajstić information content (AvgIpc) is 3.03. The van der Waals surface area contributed by atoms with Gasteiger partial charge in [-0.15, -0.1) is 0 Å². The molecule has 1 aliphatic rings. The van der Waals surface area contributed by atoms with Crippen molar-refractivity contribution in [2.24, 2.45) is 10.7 Å². The molecule has 0 heterocycles. The second kappa shape index (κ2) is 5.11. The van der Waals surface area contributed by atoms with Gasteiger partial charge in [-0.1, -0.05) is 0 Å². The second-order valence-electron chi connectivity index (χ2n) is 5.02. The van der Waals surface area contributed by atoms with Gasteiger partial charge in [-0.05, 0) is 38.0 Å². The van der Waals surface area contributed by atoms with Crippen molar-refractivity contribution in [1.29, 1.82) is 0 Å². The van der Waals surface area contributed by atoms with E-state index in [1.54, 1.807) is 0 Å². The molecule has 0 amide bonds. The van der Waals surface area contributed by atoms with Crippen molar-refractivity contribution < 1.29 is 13.2 Å². The van der Waals surface area contributed by atoms with Crippen LogP contribution in [0.1, 0.15) is 31.7 Å². The summed E-state index contributed by atoms with van der Waals surface area (Å²) in [4.78, 5) is 4.21. The molecule has 2 rings (SSSR count). The van der Waals surface area contributed by atoms with Crippen molar-refractivity contribution >= 4 is 5.96 Å². The molecule has 19 heavy (non-hydrogen) atoms. The number of benzene rings is 1. The molecule has 6 heteroatoms. The van der Waals surface area contributed by atoms with E-state index in [1.807, 2.05) is 13.8 Å². The van der Waals surface area contributed by atoms with Crippen LogP contribution in [0.15, 0.2) is 17.1 Å². The smallest absolute Gasteiger partial charge is 0.194 e. The van der Waals surface area contributed by atoms with Crippen LogP contribution in [-0.2, 0) is 0 Å². The monoisotopic (exact) mass is 271 g/mol. The number of guanidine groups is 1. The Kier molecular flexibility index (Phi) is 3.68. The Labute approximate surface area is 109 Å². The third kappa shape index (κ3) is 3.19. The fourth-order valence-electron chi connectivity index (χ4n) is 1.98. The SMILES string of the molecule is CC(C)NC(N)=N[C@@H]1C[C@H]1c1cc(F)c(F)c(F)c1. The van der Waals surface area contributed by atoms with Gasteiger partial charge in [0.25, 0.3) is 0 Å². The molecule has 0 saturated heterocycles. The first-order valence-electron chi connectivity index (χ1n) is 6.12. The molecule has 1 aromatic carbocycles. The fraction of sp³-hybridized carbons (Fsp3) is 0.462. The summed E-state index contributed by atoms with van der Waals surface area (Å²) in [5.74, 6) is -3.57. The molecule has 1 fully saturated rings. The minimum Gasteiger partial charge on any atom is -0.370 e. The van der Waals surface area contributed by atoms with Crippen LogP contribution in [0.3, 0.4) is 0 Å². The van der Waals surface area contributed by atoms with E-state index in [-0.39, 0.29) is 18.0 Å². The first kappa shape index (κ1) is 13.7. The van der Waals surface area contributed by atoms with Gasteiger partial charge in [-0.3, -0.25) is 0 Å². The van der Waals surface area contributed by atoms with Gasteiger partial charge in [-0.25, -0.2) is 18.2 Å². The predicted octanol–water partition coefficient (Wildman–Crippen LogP) is 2.27. The summed E-state index contributed by atoms with van der Waals surface area (Å²) in [5.41, 5.74) is 6.09. The quantitative estimate of drug-likeness (QED) is 0.503. The Morgan fingerprint density at radius 2 is 1.89 bits per heavy atom. The number of nitrogens with zero attached hydrogens (tertiary/aromatic N) is 1. The van der Waals surface area contributed by atoms with E-state index in [9.17, 15) is 13.2 Å².